The third-order valence-corrected chi connectivity index (χ3v) is 6.94. The molecule has 0 aliphatic carbocycles. The molecule has 26 heavy (non-hydrogen) atoms. The van der Waals surface area contributed by atoms with E-state index in [0.717, 1.165) is 17.5 Å². The number of amides is 2. The van der Waals surface area contributed by atoms with Gasteiger partial charge in [-0.05, 0) is 36.6 Å². The summed E-state index contributed by atoms with van der Waals surface area (Å²) in [4.78, 5) is 27.0. The van der Waals surface area contributed by atoms with E-state index in [1.807, 2.05) is 43.3 Å². The molecule has 4 rings (SSSR count). The van der Waals surface area contributed by atoms with Crippen LogP contribution in [0.4, 0.5) is 5.69 Å². The zero-order valence-electron chi connectivity index (χ0n) is 14.4. The monoisotopic (exact) mass is 386 g/mol. The lowest BCUT2D eigenvalue weighted by atomic mass is 10.0. The molecule has 2 aliphatic heterocycles. The first-order chi connectivity index (χ1) is 12.5. The molecule has 0 unspecified atom stereocenters. The molecule has 2 amide bonds. The molecule has 134 valence electrons. The van der Waals surface area contributed by atoms with Crippen LogP contribution in [0.5, 0.6) is 0 Å². The van der Waals surface area contributed by atoms with Gasteiger partial charge in [-0.2, -0.15) is 0 Å². The fourth-order valence-corrected chi connectivity index (χ4v) is 5.60. The molecule has 2 aromatic carbocycles. The Hall–Kier alpha value is -1.98. The average Bonchev–Trinajstić information content (AvgIpc) is 3.18. The average molecular weight is 387 g/mol. The van der Waals surface area contributed by atoms with E-state index >= 15 is 0 Å². The van der Waals surface area contributed by atoms with Crippen molar-refractivity contribution in [3.05, 3.63) is 64.7 Å². The van der Waals surface area contributed by atoms with Crippen molar-refractivity contribution in [1.29, 1.82) is 0 Å². The number of aryl methyl sites for hydroxylation is 1. The first kappa shape index (κ1) is 17.4. The third kappa shape index (κ3) is 2.79. The number of fused-ring (bicyclic) bond motifs is 1. The number of carbonyl (C=O) groups is 2. The van der Waals surface area contributed by atoms with Gasteiger partial charge in [-0.15, -0.1) is 11.8 Å². The van der Waals surface area contributed by atoms with Gasteiger partial charge in [-0.3, -0.25) is 9.59 Å². The molecule has 2 aliphatic rings. The van der Waals surface area contributed by atoms with Crippen molar-refractivity contribution in [2.45, 2.75) is 30.7 Å². The molecule has 2 fully saturated rings. The molecule has 0 radical (unpaired) electrons. The Kier molecular flexibility index (Phi) is 4.45. The summed E-state index contributed by atoms with van der Waals surface area (Å²) < 4.78 is 0. The van der Waals surface area contributed by atoms with Gasteiger partial charge in [0.25, 0.3) is 0 Å². The van der Waals surface area contributed by atoms with Crippen molar-refractivity contribution in [3.63, 3.8) is 0 Å². The summed E-state index contributed by atoms with van der Waals surface area (Å²) in [6.07, 6.45) is 1.21. The number of thioether (sulfide) groups is 1. The topological polar surface area (TPSA) is 49.4 Å². The van der Waals surface area contributed by atoms with Crippen molar-refractivity contribution >= 4 is 40.9 Å². The number of hydrogen-bond acceptors (Lipinski definition) is 3. The largest absolute Gasteiger partial charge is 0.324 e. The van der Waals surface area contributed by atoms with Gasteiger partial charge in [-0.25, -0.2) is 0 Å². The molecule has 4 nitrogen and oxygen atoms in total. The molecule has 6 heteroatoms. The summed E-state index contributed by atoms with van der Waals surface area (Å²) in [7, 11) is 0. The van der Waals surface area contributed by atoms with E-state index in [-0.39, 0.29) is 11.8 Å². The Morgan fingerprint density at radius 1 is 1.27 bits per heavy atom. The highest BCUT2D eigenvalue weighted by atomic mass is 35.5. The molecule has 2 saturated heterocycles. The van der Waals surface area contributed by atoms with E-state index in [1.165, 1.54) is 0 Å². The smallest absolute Gasteiger partial charge is 0.248 e. The number of rotatable bonds is 3. The number of halogens is 1. The molecule has 2 atom stereocenters. The van der Waals surface area contributed by atoms with Gasteiger partial charge in [-0.1, -0.05) is 48.0 Å². The normalized spacial score (nSPS) is 24.6. The minimum atomic E-state index is -0.478. The number of nitrogens with zero attached hydrogens (tertiary/aromatic N) is 1. The van der Waals surface area contributed by atoms with E-state index in [4.69, 9.17) is 11.6 Å². The Morgan fingerprint density at radius 2 is 2.04 bits per heavy atom. The number of benzene rings is 2. The van der Waals surface area contributed by atoms with Crippen LogP contribution in [0, 0.1) is 6.92 Å². The van der Waals surface area contributed by atoms with Gasteiger partial charge in [0.1, 0.15) is 10.9 Å². The Balaban J connectivity index is 1.63. The van der Waals surface area contributed by atoms with Crippen molar-refractivity contribution in [2.24, 2.45) is 0 Å². The lowest BCUT2D eigenvalue weighted by Crippen LogP contribution is -2.48. The van der Waals surface area contributed by atoms with Crippen LogP contribution in [-0.4, -0.2) is 28.5 Å². The minimum Gasteiger partial charge on any atom is -0.324 e. The van der Waals surface area contributed by atoms with Crippen LogP contribution in [0.1, 0.15) is 24.0 Å². The van der Waals surface area contributed by atoms with Crippen LogP contribution in [0.25, 0.3) is 0 Å². The standard InChI is InChI=1S/C20H19ClN2O2S/c1-13-7-8-15(21)11-16(13)22-19(25)17-12-26-20(10-9-18(24)23(17)20)14-5-3-2-4-6-14/h2-8,11,17H,9-10,12H2,1H3,(H,22,25)/t17-,20+/m0/s1. The van der Waals surface area contributed by atoms with Crippen molar-refractivity contribution < 1.29 is 9.59 Å². The van der Waals surface area contributed by atoms with E-state index in [2.05, 4.69) is 5.32 Å². The predicted molar refractivity (Wildman–Crippen MR) is 105 cm³/mol. The van der Waals surface area contributed by atoms with Crippen LogP contribution >= 0.6 is 23.4 Å². The highest BCUT2D eigenvalue weighted by Gasteiger charge is 2.56. The van der Waals surface area contributed by atoms with Crippen LogP contribution in [0.2, 0.25) is 5.02 Å². The zero-order chi connectivity index (χ0) is 18.3. The second kappa shape index (κ2) is 6.63. The van der Waals surface area contributed by atoms with E-state index < -0.39 is 10.9 Å². The van der Waals surface area contributed by atoms with E-state index in [9.17, 15) is 9.59 Å². The number of anilines is 1. The highest BCUT2D eigenvalue weighted by molar-refractivity contribution is 8.00. The fourth-order valence-electron chi connectivity index (χ4n) is 3.78. The summed E-state index contributed by atoms with van der Waals surface area (Å²) in [5, 5.41) is 3.54. The quantitative estimate of drug-likeness (QED) is 0.860. The van der Waals surface area contributed by atoms with Crippen molar-refractivity contribution in [3.8, 4) is 0 Å². The maximum absolute atomic E-state index is 13.0. The SMILES string of the molecule is Cc1ccc(Cl)cc1NC(=O)[C@@H]1CS[C@@]2(c3ccccc3)CCC(=O)N12. The van der Waals surface area contributed by atoms with Crippen molar-refractivity contribution in [2.75, 3.05) is 11.1 Å². The van der Waals surface area contributed by atoms with Gasteiger partial charge < -0.3 is 10.2 Å². The van der Waals surface area contributed by atoms with Gasteiger partial charge in [0.2, 0.25) is 11.8 Å². The molecule has 0 bridgehead atoms. The van der Waals surface area contributed by atoms with Crippen LogP contribution in [0.3, 0.4) is 0 Å². The first-order valence-electron chi connectivity index (χ1n) is 8.60. The first-order valence-corrected chi connectivity index (χ1v) is 9.96. The lowest BCUT2D eigenvalue weighted by molar-refractivity contribution is -0.136. The molecule has 0 saturated carbocycles. The van der Waals surface area contributed by atoms with Crippen LogP contribution in [-0.2, 0) is 14.5 Å². The molecule has 2 heterocycles. The summed E-state index contributed by atoms with van der Waals surface area (Å²) in [5.74, 6) is 0.476. The van der Waals surface area contributed by atoms with Crippen LogP contribution < -0.4 is 5.32 Å². The Morgan fingerprint density at radius 3 is 2.81 bits per heavy atom. The Bertz CT molecular complexity index is 873. The number of hydrogen-bond donors (Lipinski definition) is 1. The molecule has 1 N–H and O–H groups in total. The maximum Gasteiger partial charge on any atom is 0.248 e. The molecule has 0 aromatic heterocycles. The fraction of sp³-hybridized carbons (Fsp3) is 0.300. The summed E-state index contributed by atoms with van der Waals surface area (Å²) in [6, 6.07) is 14.9. The molecular formula is C20H19ClN2O2S. The zero-order valence-corrected chi connectivity index (χ0v) is 15.9. The van der Waals surface area contributed by atoms with Crippen LogP contribution in [0.15, 0.2) is 48.5 Å². The van der Waals surface area contributed by atoms with Gasteiger partial charge in [0, 0.05) is 22.9 Å². The van der Waals surface area contributed by atoms with Gasteiger partial charge in [0.15, 0.2) is 0 Å². The van der Waals surface area contributed by atoms with E-state index in [1.54, 1.807) is 28.8 Å². The second-order valence-corrected chi connectivity index (χ2v) is 8.42. The predicted octanol–water partition coefficient (Wildman–Crippen LogP) is 4.18. The maximum atomic E-state index is 13.0. The lowest BCUT2D eigenvalue weighted by Gasteiger charge is -2.34. The summed E-state index contributed by atoms with van der Waals surface area (Å²) >= 11 is 7.74. The molecular weight excluding hydrogens is 368 g/mol. The summed E-state index contributed by atoms with van der Waals surface area (Å²) in [5.41, 5.74) is 2.72. The highest BCUT2D eigenvalue weighted by Crippen LogP contribution is 2.54. The van der Waals surface area contributed by atoms with E-state index in [0.29, 0.717) is 22.9 Å². The second-order valence-electron chi connectivity index (χ2n) is 6.69. The molecule has 2 aromatic rings. The Labute approximate surface area is 161 Å². The van der Waals surface area contributed by atoms with Crippen molar-refractivity contribution in [1.82, 2.24) is 4.90 Å². The number of nitrogens with one attached hydrogen (secondary N) is 1. The van der Waals surface area contributed by atoms with Gasteiger partial charge in [0.05, 0.1) is 0 Å². The number of carbonyl (C=O) groups excluding carboxylic acids is 2. The van der Waals surface area contributed by atoms with Gasteiger partial charge >= 0.3 is 0 Å². The summed E-state index contributed by atoms with van der Waals surface area (Å²) in [6.45, 7) is 1.92. The third-order valence-electron chi connectivity index (χ3n) is 5.11. The minimum absolute atomic E-state index is 0.0434. The molecule has 0 spiro atoms.